The molecule has 1 unspecified atom stereocenters. The Hall–Kier alpha value is -2.69. The highest BCUT2D eigenvalue weighted by Crippen LogP contribution is 2.33. The minimum Gasteiger partial charge on any atom is -0.355 e. The maximum absolute atomic E-state index is 14.0. The molecular weight excluding hydrogens is 295 g/mol. The van der Waals surface area contributed by atoms with E-state index in [0.717, 1.165) is 5.56 Å². The van der Waals surface area contributed by atoms with E-state index in [1.807, 2.05) is 19.1 Å². The lowest BCUT2D eigenvalue weighted by Crippen LogP contribution is -2.48. The van der Waals surface area contributed by atoms with Gasteiger partial charge in [-0.15, -0.1) is 0 Å². The smallest absolute Gasteiger partial charge is 0.262 e. The summed E-state index contributed by atoms with van der Waals surface area (Å²) < 4.78 is 14.0. The number of carbonyl (C=O) groups excluding carboxylic acids is 2. The van der Waals surface area contributed by atoms with Crippen LogP contribution in [-0.4, -0.2) is 24.4 Å². The monoisotopic (exact) mass is 312 g/mol. The molecule has 0 aliphatic carbocycles. The zero-order chi connectivity index (χ0) is 16.4. The summed E-state index contributed by atoms with van der Waals surface area (Å²) in [6.07, 6.45) is 0.433. The van der Waals surface area contributed by atoms with Crippen LogP contribution in [0.1, 0.15) is 22.8 Å². The molecule has 1 aliphatic heterocycles. The van der Waals surface area contributed by atoms with Crippen LogP contribution in [0.25, 0.3) is 0 Å². The molecule has 0 saturated heterocycles. The molecule has 0 bridgehead atoms. The van der Waals surface area contributed by atoms with Gasteiger partial charge in [0.05, 0.1) is 5.56 Å². The molecule has 2 amide bonds. The van der Waals surface area contributed by atoms with E-state index in [-0.39, 0.29) is 11.5 Å². The average Bonchev–Trinajstić information content (AvgIpc) is 2.94. The normalized spacial score (nSPS) is 16.1. The van der Waals surface area contributed by atoms with Crippen molar-refractivity contribution in [3.05, 3.63) is 65.5 Å². The van der Waals surface area contributed by atoms with Crippen LogP contribution in [0.5, 0.6) is 0 Å². The van der Waals surface area contributed by atoms with Gasteiger partial charge in [-0.1, -0.05) is 30.3 Å². The molecule has 23 heavy (non-hydrogen) atoms. The van der Waals surface area contributed by atoms with Crippen molar-refractivity contribution in [2.24, 2.45) is 0 Å². The fraction of sp³-hybridized carbons (Fsp3) is 0.222. The third kappa shape index (κ3) is 2.70. The lowest BCUT2D eigenvalue weighted by atomic mass is 10.1. The Bertz CT molecular complexity index is 760. The first-order chi connectivity index (χ1) is 11.1. The van der Waals surface area contributed by atoms with Gasteiger partial charge in [-0.05, 0) is 30.7 Å². The second-order valence-corrected chi connectivity index (χ2v) is 5.40. The van der Waals surface area contributed by atoms with E-state index in [1.54, 1.807) is 18.2 Å². The number of nitrogens with zero attached hydrogens (tertiary/aromatic N) is 1. The molecule has 1 heterocycles. The van der Waals surface area contributed by atoms with Crippen molar-refractivity contribution in [2.75, 3.05) is 11.4 Å². The van der Waals surface area contributed by atoms with Crippen molar-refractivity contribution in [1.82, 2.24) is 5.32 Å². The minimum absolute atomic E-state index is 0.0292. The Morgan fingerprint density at radius 1 is 1.17 bits per heavy atom. The van der Waals surface area contributed by atoms with Crippen LogP contribution in [0.15, 0.2) is 48.5 Å². The Kier molecular flexibility index (Phi) is 4.10. The van der Waals surface area contributed by atoms with Gasteiger partial charge in [0.25, 0.3) is 5.91 Å². The van der Waals surface area contributed by atoms with E-state index in [9.17, 15) is 14.0 Å². The minimum atomic E-state index is -0.653. The number of carbonyl (C=O) groups is 2. The number of hydrogen-bond acceptors (Lipinski definition) is 2. The molecule has 3 rings (SSSR count). The lowest BCUT2D eigenvalue weighted by Gasteiger charge is -2.25. The van der Waals surface area contributed by atoms with Gasteiger partial charge in [0, 0.05) is 18.7 Å². The topological polar surface area (TPSA) is 49.4 Å². The van der Waals surface area contributed by atoms with Gasteiger partial charge in [0.15, 0.2) is 0 Å². The fourth-order valence-electron chi connectivity index (χ4n) is 2.90. The first-order valence-corrected chi connectivity index (χ1v) is 7.57. The molecule has 2 aromatic carbocycles. The largest absolute Gasteiger partial charge is 0.355 e. The van der Waals surface area contributed by atoms with Crippen LogP contribution >= 0.6 is 0 Å². The molecule has 118 valence electrons. The van der Waals surface area contributed by atoms with Gasteiger partial charge in [-0.25, -0.2) is 4.39 Å². The van der Waals surface area contributed by atoms with Crippen molar-refractivity contribution in [3.63, 3.8) is 0 Å². The first kappa shape index (κ1) is 15.2. The molecule has 1 aliphatic rings. The standard InChI is InChI=1S/C18H17FN2O2/c1-2-20-17(22)16-11-12-7-3-6-10-15(12)21(16)18(23)13-8-4-5-9-14(13)19/h3-10,16H,2,11H2,1H3,(H,20,22). The predicted octanol–water partition coefficient (Wildman–Crippen LogP) is 2.53. The molecule has 0 spiro atoms. The van der Waals surface area contributed by atoms with Gasteiger partial charge in [0.2, 0.25) is 5.91 Å². The lowest BCUT2D eigenvalue weighted by molar-refractivity contribution is -0.122. The van der Waals surface area contributed by atoms with E-state index in [0.29, 0.717) is 18.7 Å². The third-order valence-corrected chi connectivity index (χ3v) is 3.95. The van der Waals surface area contributed by atoms with Gasteiger partial charge in [-0.2, -0.15) is 0 Å². The Balaban J connectivity index is 2.03. The molecule has 1 N–H and O–H groups in total. The maximum Gasteiger partial charge on any atom is 0.262 e. The van der Waals surface area contributed by atoms with Crippen molar-refractivity contribution in [3.8, 4) is 0 Å². The van der Waals surface area contributed by atoms with Crippen molar-refractivity contribution >= 4 is 17.5 Å². The van der Waals surface area contributed by atoms with Crippen LogP contribution in [0, 0.1) is 5.82 Å². The summed E-state index contributed by atoms with van der Waals surface area (Å²) in [5, 5.41) is 2.75. The second-order valence-electron chi connectivity index (χ2n) is 5.40. The van der Waals surface area contributed by atoms with Gasteiger partial charge in [0.1, 0.15) is 11.9 Å². The number of likely N-dealkylation sites (N-methyl/N-ethyl adjacent to an activating group) is 1. The van der Waals surface area contributed by atoms with E-state index >= 15 is 0 Å². The molecule has 2 aromatic rings. The second kappa shape index (κ2) is 6.20. The van der Waals surface area contributed by atoms with Gasteiger partial charge >= 0.3 is 0 Å². The molecule has 0 fully saturated rings. The predicted molar refractivity (Wildman–Crippen MR) is 85.8 cm³/mol. The summed E-state index contributed by atoms with van der Waals surface area (Å²) in [5.74, 6) is -1.31. The number of benzene rings is 2. The Morgan fingerprint density at radius 3 is 2.61 bits per heavy atom. The highest BCUT2D eigenvalue weighted by atomic mass is 19.1. The van der Waals surface area contributed by atoms with E-state index < -0.39 is 17.8 Å². The summed E-state index contributed by atoms with van der Waals surface area (Å²) in [7, 11) is 0. The van der Waals surface area contributed by atoms with Crippen molar-refractivity contribution in [1.29, 1.82) is 0 Å². The number of para-hydroxylation sites is 1. The number of nitrogens with one attached hydrogen (secondary N) is 1. The fourth-order valence-corrected chi connectivity index (χ4v) is 2.90. The summed E-state index contributed by atoms with van der Waals surface area (Å²) in [4.78, 5) is 26.6. The molecule has 0 saturated carbocycles. The number of amides is 2. The third-order valence-electron chi connectivity index (χ3n) is 3.95. The number of hydrogen-bond donors (Lipinski definition) is 1. The average molecular weight is 312 g/mol. The van der Waals surface area contributed by atoms with E-state index in [1.165, 1.54) is 23.1 Å². The summed E-state index contributed by atoms with van der Waals surface area (Å²) in [6, 6.07) is 12.5. The SMILES string of the molecule is CCNC(=O)C1Cc2ccccc2N1C(=O)c1ccccc1F. The quantitative estimate of drug-likeness (QED) is 0.947. The van der Waals surface area contributed by atoms with Crippen LogP contribution in [-0.2, 0) is 11.2 Å². The Labute approximate surface area is 133 Å². The molecule has 4 nitrogen and oxygen atoms in total. The van der Waals surface area contributed by atoms with Crippen LogP contribution in [0.2, 0.25) is 0 Å². The number of halogens is 1. The van der Waals surface area contributed by atoms with Gasteiger partial charge < -0.3 is 5.32 Å². The zero-order valence-electron chi connectivity index (χ0n) is 12.8. The summed E-state index contributed by atoms with van der Waals surface area (Å²) >= 11 is 0. The number of anilines is 1. The van der Waals surface area contributed by atoms with Crippen LogP contribution in [0.4, 0.5) is 10.1 Å². The molecule has 0 radical (unpaired) electrons. The number of fused-ring (bicyclic) bond motifs is 1. The van der Waals surface area contributed by atoms with Crippen LogP contribution < -0.4 is 10.2 Å². The van der Waals surface area contributed by atoms with E-state index in [4.69, 9.17) is 0 Å². The first-order valence-electron chi connectivity index (χ1n) is 7.57. The van der Waals surface area contributed by atoms with Crippen molar-refractivity contribution in [2.45, 2.75) is 19.4 Å². The van der Waals surface area contributed by atoms with Crippen LogP contribution in [0.3, 0.4) is 0 Å². The highest BCUT2D eigenvalue weighted by molar-refractivity contribution is 6.11. The molecule has 0 aromatic heterocycles. The maximum atomic E-state index is 14.0. The summed E-state index contributed by atoms with van der Waals surface area (Å²) in [5.41, 5.74) is 1.55. The van der Waals surface area contributed by atoms with E-state index in [2.05, 4.69) is 5.32 Å². The molecule has 5 heteroatoms. The Morgan fingerprint density at radius 2 is 1.87 bits per heavy atom. The molecular formula is C18H17FN2O2. The zero-order valence-corrected chi connectivity index (χ0v) is 12.8. The van der Waals surface area contributed by atoms with Gasteiger partial charge in [-0.3, -0.25) is 14.5 Å². The number of rotatable bonds is 3. The summed E-state index contributed by atoms with van der Waals surface area (Å²) in [6.45, 7) is 2.30. The highest BCUT2D eigenvalue weighted by Gasteiger charge is 2.38. The molecule has 1 atom stereocenters. The van der Waals surface area contributed by atoms with Crippen molar-refractivity contribution < 1.29 is 14.0 Å².